The molecule has 1 rings (SSSR count). The van der Waals surface area contributed by atoms with Crippen molar-refractivity contribution in [2.24, 2.45) is 5.92 Å². The minimum Gasteiger partial charge on any atom is -0.149 e. The van der Waals surface area contributed by atoms with E-state index < -0.39 is 0 Å². The van der Waals surface area contributed by atoms with Crippen LogP contribution in [0, 0.1) is 5.92 Å². The van der Waals surface area contributed by atoms with E-state index in [1.807, 2.05) is 11.3 Å². The predicted octanol–water partition coefficient (Wildman–Crippen LogP) is 3.51. The summed E-state index contributed by atoms with van der Waals surface area (Å²) in [7, 11) is 0. The van der Waals surface area contributed by atoms with Gasteiger partial charge in [-0.3, -0.25) is 0 Å². The van der Waals surface area contributed by atoms with E-state index in [4.69, 9.17) is 0 Å². The molecule has 1 heteroatoms. The lowest BCUT2D eigenvalue weighted by Crippen LogP contribution is -1.94. The Morgan fingerprint density at radius 1 is 1.45 bits per heavy atom. The first-order valence-electron chi connectivity index (χ1n) is 4.29. The highest BCUT2D eigenvalue weighted by atomic mass is 32.1. The van der Waals surface area contributed by atoms with Crippen LogP contribution in [0.4, 0.5) is 0 Å². The molecule has 0 aliphatic carbocycles. The predicted molar refractivity (Wildman–Crippen MR) is 52.2 cm³/mol. The van der Waals surface area contributed by atoms with Crippen molar-refractivity contribution in [3.8, 4) is 0 Å². The Kier molecular flexibility index (Phi) is 3.13. The van der Waals surface area contributed by atoms with E-state index >= 15 is 0 Å². The molecule has 0 unspecified atom stereocenters. The van der Waals surface area contributed by atoms with Gasteiger partial charge in [-0.25, -0.2) is 0 Å². The van der Waals surface area contributed by atoms with E-state index in [1.54, 1.807) is 10.4 Å². The van der Waals surface area contributed by atoms with Crippen LogP contribution in [-0.2, 0) is 12.8 Å². The van der Waals surface area contributed by atoms with Crippen LogP contribution >= 0.6 is 11.3 Å². The second kappa shape index (κ2) is 3.91. The molecule has 0 amide bonds. The average molecular weight is 168 g/mol. The maximum Gasteiger partial charge on any atom is 0.00745 e. The first kappa shape index (κ1) is 8.79. The number of hydrogen-bond donors (Lipinski definition) is 0. The van der Waals surface area contributed by atoms with Gasteiger partial charge in [0.15, 0.2) is 0 Å². The minimum atomic E-state index is 0.787. The van der Waals surface area contributed by atoms with Gasteiger partial charge in [0.05, 0.1) is 0 Å². The fraction of sp³-hybridized carbons (Fsp3) is 0.600. The third kappa shape index (κ3) is 2.33. The quantitative estimate of drug-likeness (QED) is 0.648. The Labute approximate surface area is 73.3 Å². The summed E-state index contributed by atoms with van der Waals surface area (Å²) in [4.78, 5) is 1.57. The van der Waals surface area contributed by atoms with Crippen LogP contribution in [0.3, 0.4) is 0 Å². The molecule has 1 heterocycles. The molecule has 62 valence electrons. The number of thiophene rings is 1. The zero-order valence-electron chi connectivity index (χ0n) is 7.55. The highest BCUT2D eigenvalue weighted by Crippen LogP contribution is 2.20. The van der Waals surface area contributed by atoms with Crippen LogP contribution in [-0.4, -0.2) is 0 Å². The summed E-state index contributed by atoms with van der Waals surface area (Å²) in [5.41, 5.74) is 1.56. The van der Waals surface area contributed by atoms with Crippen molar-refractivity contribution in [1.29, 1.82) is 0 Å². The highest BCUT2D eigenvalue weighted by molar-refractivity contribution is 7.10. The molecule has 0 radical (unpaired) electrons. The third-order valence-corrected chi connectivity index (χ3v) is 2.89. The van der Waals surface area contributed by atoms with Crippen molar-refractivity contribution in [3.05, 3.63) is 21.9 Å². The van der Waals surface area contributed by atoms with Gasteiger partial charge in [-0.05, 0) is 35.8 Å². The van der Waals surface area contributed by atoms with Gasteiger partial charge < -0.3 is 0 Å². The molecule has 0 saturated heterocycles. The normalized spacial score (nSPS) is 10.9. The van der Waals surface area contributed by atoms with Gasteiger partial charge >= 0.3 is 0 Å². The Balaban J connectivity index is 2.68. The summed E-state index contributed by atoms with van der Waals surface area (Å²) in [5, 5.41) is 2.20. The summed E-state index contributed by atoms with van der Waals surface area (Å²) in [6.45, 7) is 6.78. The van der Waals surface area contributed by atoms with E-state index in [-0.39, 0.29) is 0 Å². The van der Waals surface area contributed by atoms with Crippen LogP contribution in [0.1, 0.15) is 31.2 Å². The van der Waals surface area contributed by atoms with Crippen molar-refractivity contribution >= 4 is 11.3 Å². The van der Waals surface area contributed by atoms with E-state index in [1.165, 1.54) is 12.8 Å². The van der Waals surface area contributed by atoms with Crippen molar-refractivity contribution < 1.29 is 0 Å². The van der Waals surface area contributed by atoms with Crippen LogP contribution in [0.2, 0.25) is 0 Å². The lowest BCUT2D eigenvalue weighted by Gasteiger charge is -2.03. The van der Waals surface area contributed by atoms with Gasteiger partial charge in [0.1, 0.15) is 0 Å². The zero-order valence-corrected chi connectivity index (χ0v) is 8.37. The lowest BCUT2D eigenvalue weighted by atomic mass is 10.0. The van der Waals surface area contributed by atoms with Gasteiger partial charge in [-0.1, -0.05) is 20.8 Å². The van der Waals surface area contributed by atoms with E-state index in [2.05, 4.69) is 32.2 Å². The molecule has 1 aromatic heterocycles. The van der Waals surface area contributed by atoms with Gasteiger partial charge in [0, 0.05) is 4.88 Å². The second-order valence-corrected chi connectivity index (χ2v) is 4.32. The summed E-state index contributed by atoms with van der Waals surface area (Å²) < 4.78 is 0. The number of rotatable bonds is 3. The molecule has 0 fully saturated rings. The largest absolute Gasteiger partial charge is 0.149 e. The first-order valence-corrected chi connectivity index (χ1v) is 5.17. The highest BCUT2D eigenvalue weighted by Gasteiger charge is 2.03. The second-order valence-electron chi connectivity index (χ2n) is 3.32. The van der Waals surface area contributed by atoms with Gasteiger partial charge in [-0.2, -0.15) is 0 Å². The Morgan fingerprint density at radius 3 is 2.73 bits per heavy atom. The molecular formula is C10H16S. The topological polar surface area (TPSA) is 0 Å². The molecule has 0 N–H and O–H groups in total. The zero-order chi connectivity index (χ0) is 8.27. The fourth-order valence-corrected chi connectivity index (χ4v) is 2.17. The minimum absolute atomic E-state index is 0.787. The Bertz CT molecular complexity index is 210. The maximum absolute atomic E-state index is 2.27. The van der Waals surface area contributed by atoms with E-state index in [9.17, 15) is 0 Å². The summed E-state index contributed by atoms with van der Waals surface area (Å²) in [5.74, 6) is 0.787. The summed E-state index contributed by atoms with van der Waals surface area (Å²) in [6.07, 6.45) is 2.44. The Hall–Kier alpha value is -0.300. The molecule has 0 aliphatic heterocycles. The van der Waals surface area contributed by atoms with Crippen LogP contribution in [0.15, 0.2) is 11.4 Å². The molecule has 0 atom stereocenters. The van der Waals surface area contributed by atoms with Crippen molar-refractivity contribution in [2.75, 3.05) is 0 Å². The standard InChI is InChI=1S/C10H16S/c1-4-10-9(5-6-11-10)7-8(2)3/h5-6,8H,4,7H2,1-3H3. The monoisotopic (exact) mass is 168 g/mol. The molecular weight excluding hydrogens is 152 g/mol. The van der Waals surface area contributed by atoms with Crippen LogP contribution < -0.4 is 0 Å². The third-order valence-electron chi connectivity index (χ3n) is 1.79. The first-order chi connectivity index (χ1) is 5.24. The molecule has 0 saturated carbocycles. The summed E-state index contributed by atoms with van der Waals surface area (Å²) >= 11 is 1.89. The van der Waals surface area contributed by atoms with E-state index in [0.717, 1.165) is 5.92 Å². The van der Waals surface area contributed by atoms with Gasteiger partial charge in [-0.15, -0.1) is 11.3 Å². The molecule has 1 aromatic rings. The van der Waals surface area contributed by atoms with Gasteiger partial charge in [0.25, 0.3) is 0 Å². The molecule has 0 bridgehead atoms. The SMILES string of the molecule is CCc1sccc1CC(C)C. The summed E-state index contributed by atoms with van der Waals surface area (Å²) in [6, 6.07) is 2.27. The van der Waals surface area contributed by atoms with Crippen molar-refractivity contribution in [3.63, 3.8) is 0 Å². The maximum atomic E-state index is 2.27. The lowest BCUT2D eigenvalue weighted by molar-refractivity contribution is 0.645. The molecule has 0 spiro atoms. The van der Waals surface area contributed by atoms with E-state index in [0.29, 0.717) is 0 Å². The van der Waals surface area contributed by atoms with Crippen LogP contribution in [0.25, 0.3) is 0 Å². The molecule has 0 nitrogen and oxygen atoms in total. The molecule has 11 heavy (non-hydrogen) atoms. The fourth-order valence-electron chi connectivity index (χ4n) is 1.30. The van der Waals surface area contributed by atoms with Gasteiger partial charge in [0.2, 0.25) is 0 Å². The smallest absolute Gasteiger partial charge is 0.00745 e. The number of aryl methyl sites for hydroxylation is 1. The van der Waals surface area contributed by atoms with Crippen LogP contribution in [0.5, 0.6) is 0 Å². The number of hydrogen-bond acceptors (Lipinski definition) is 1. The van der Waals surface area contributed by atoms with Crippen molar-refractivity contribution in [2.45, 2.75) is 33.6 Å². The molecule has 0 aromatic carbocycles. The average Bonchev–Trinajstić information content (AvgIpc) is 2.34. The molecule has 0 aliphatic rings. The van der Waals surface area contributed by atoms with Crippen molar-refractivity contribution in [1.82, 2.24) is 0 Å². The Morgan fingerprint density at radius 2 is 2.18 bits per heavy atom.